The van der Waals surface area contributed by atoms with E-state index >= 15 is 0 Å². The van der Waals surface area contributed by atoms with Gasteiger partial charge in [0.2, 0.25) is 0 Å². The fourth-order valence-corrected chi connectivity index (χ4v) is 4.91. The molecule has 0 aromatic rings. The Balaban J connectivity index is 3.64. The topological polar surface area (TPSA) is 18.5 Å². The van der Waals surface area contributed by atoms with Gasteiger partial charge in [-0.05, 0) is 26.4 Å². The van der Waals surface area contributed by atoms with Crippen LogP contribution in [0.2, 0.25) is 12.6 Å². The van der Waals surface area contributed by atoms with Crippen molar-refractivity contribution in [3.8, 4) is 0 Å². The number of halogens is 1. The molecule has 4 heteroatoms. The molecule has 0 radical (unpaired) electrons. The maximum Gasteiger partial charge on any atom is 0.337 e. The zero-order valence-electron chi connectivity index (χ0n) is 13.3. The van der Waals surface area contributed by atoms with Crippen molar-refractivity contribution < 1.29 is 13.2 Å². The fourth-order valence-electron chi connectivity index (χ4n) is 2.39. The molecular formula is C15H33FO2Si. The highest BCUT2D eigenvalue weighted by Gasteiger charge is 2.32. The molecule has 2 atom stereocenters. The quantitative estimate of drug-likeness (QED) is 0.326. The first-order chi connectivity index (χ1) is 9.04. The lowest BCUT2D eigenvalue weighted by molar-refractivity contribution is 0.0394. The molecule has 0 saturated carbocycles. The Kier molecular flexibility index (Phi) is 11.9. The Morgan fingerprint density at radius 1 is 0.947 bits per heavy atom. The largest absolute Gasteiger partial charge is 0.395 e. The van der Waals surface area contributed by atoms with Gasteiger partial charge in [-0.2, -0.15) is 0 Å². The van der Waals surface area contributed by atoms with E-state index < -0.39 is 14.9 Å². The molecule has 0 spiro atoms. The molecule has 0 aliphatic carbocycles. The summed E-state index contributed by atoms with van der Waals surface area (Å²) in [7, 11) is -2.27. The molecule has 19 heavy (non-hydrogen) atoms. The number of hydrogen-bond acceptors (Lipinski definition) is 2. The summed E-state index contributed by atoms with van der Waals surface area (Å²) in [6, 6.07) is 0.907. The lowest BCUT2D eigenvalue weighted by Crippen LogP contribution is -2.40. The van der Waals surface area contributed by atoms with E-state index in [-0.39, 0.29) is 0 Å². The molecule has 0 rings (SSSR count). The van der Waals surface area contributed by atoms with Crippen LogP contribution in [0.1, 0.15) is 72.1 Å². The standard InChI is InChI=1S/C15H33FO2Si/c1-5-7-8-9-10-11-12-13-14-19(4,17-6-2)18-15(3)16/h15H,5-14H2,1-4H3. The van der Waals surface area contributed by atoms with Gasteiger partial charge in [0.05, 0.1) is 0 Å². The lowest BCUT2D eigenvalue weighted by atomic mass is 10.1. The normalized spacial score (nSPS) is 16.3. The van der Waals surface area contributed by atoms with Crippen molar-refractivity contribution >= 4 is 8.56 Å². The van der Waals surface area contributed by atoms with Crippen LogP contribution < -0.4 is 0 Å². The zero-order chi connectivity index (χ0) is 14.6. The van der Waals surface area contributed by atoms with E-state index in [4.69, 9.17) is 8.85 Å². The molecule has 0 fully saturated rings. The van der Waals surface area contributed by atoms with Crippen molar-refractivity contribution in [1.29, 1.82) is 0 Å². The molecule has 0 N–H and O–H groups in total. The van der Waals surface area contributed by atoms with Crippen LogP contribution in [0.15, 0.2) is 0 Å². The van der Waals surface area contributed by atoms with E-state index in [0.29, 0.717) is 6.61 Å². The predicted octanol–water partition coefficient (Wildman–Crippen LogP) is 5.57. The minimum absolute atomic E-state index is 0.618. The van der Waals surface area contributed by atoms with Crippen molar-refractivity contribution in [1.82, 2.24) is 0 Å². The third kappa shape index (κ3) is 11.6. The van der Waals surface area contributed by atoms with Gasteiger partial charge in [0.1, 0.15) is 0 Å². The molecule has 0 aliphatic heterocycles. The van der Waals surface area contributed by atoms with E-state index in [2.05, 4.69) is 6.92 Å². The summed E-state index contributed by atoms with van der Waals surface area (Å²) in [5.74, 6) is 0. The predicted molar refractivity (Wildman–Crippen MR) is 82.3 cm³/mol. The van der Waals surface area contributed by atoms with Gasteiger partial charge >= 0.3 is 8.56 Å². The van der Waals surface area contributed by atoms with E-state index in [9.17, 15) is 4.39 Å². The number of unbranched alkanes of at least 4 members (excludes halogenated alkanes) is 7. The third-order valence-electron chi connectivity index (χ3n) is 3.35. The maximum absolute atomic E-state index is 13.0. The number of rotatable bonds is 13. The SMILES string of the molecule is CCCCCCCCCC[Si](C)(OCC)OC(C)F. The Bertz CT molecular complexity index is 203. The average molecular weight is 293 g/mol. The maximum atomic E-state index is 13.0. The van der Waals surface area contributed by atoms with Gasteiger partial charge in [-0.15, -0.1) is 0 Å². The highest BCUT2D eigenvalue weighted by molar-refractivity contribution is 6.66. The molecule has 0 aromatic heterocycles. The van der Waals surface area contributed by atoms with Gasteiger partial charge < -0.3 is 8.85 Å². The van der Waals surface area contributed by atoms with Gasteiger partial charge in [-0.3, -0.25) is 0 Å². The minimum Gasteiger partial charge on any atom is -0.395 e. The van der Waals surface area contributed by atoms with Gasteiger partial charge in [-0.25, -0.2) is 4.39 Å². The molecule has 0 aliphatic rings. The van der Waals surface area contributed by atoms with Crippen molar-refractivity contribution in [2.75, 3.05) is 6.61 Å². The first-order valence-electron chi connectivity index (χ1n) is 8.00. The van der Waals surface area contributed by atoms with Crippen LogP contribution in [-0.2, 0) is 8.85 Å². The highest BCUT2D eigenvalue weighted by Crippen LogP contribution is 2.21. The summed E-state index contributed by atoms with van der Waals surface area (Å²) in [6.45, 7) is 8.23. The molecule has 0 saturated heterocycles. The van der Waals surface area contributed by atoms with Crippen LogP contribution in [0.25, 0.3) is 0 Å². The zero-order valence-corrected chi connectivity index (χ0v) is 14.3. The number of alkyl halides is 1. The fraction of sp³-hybridized carbons (Fsp3) is 1.00. The second-order valence-corrected chi connectivity index (χ2v) is 8.74. The van der Waals surface area contributed by atoms with E-state index in [1.807, 2.05) is 13.5 Å². The molecular weight excluding hydrogens is 259 g/mol. The summed E-state index contributed by atoms with van der Waals surface area (Å²) in [4.78, 5) is 0. The van der Waals surface area contributed by atoms with Crippen LogP contribution in [-0.4, -0.2) is 21.5 Å². The monoisotopic (exact) mass is 292 g/mol. The molecule has 2 nitrogen and oxygen atoms in total. The van der Waals surface area contributed by atoms with Gasteiger partial charge in [0.25, 0.3) is 0 Å². The summed E-state index contributed by atoms with van der Waals surface area (Å²) < 4.78 is 24.1. The van der Waals surface area contributed by atoms with E-state index in [0.717, 1.165) is 12.5 Å². The van der Waals surface area contributed by atoms with Crippen molar-refractivity contribution in [3.05, 3.63) is 0 Å². The summed E-state index contributed by atoms with van der Waals surface area (Å²) >= 11 is 0. The third-order valence-corrected chi connectivity index (χ3v) is 6.33. The second-order valence-electron chi connectivity index (χ2n) is 5.45. The average Bonchev–Trinajstić information content (AvgIpc) is 2.32. The van der Waals surface area contributed by atoms with Crippen LogP contribution in [0.5, 0.6) is 0 Å². The molecule has 116 valence electrons. The molecule has 0 aromatic carbocycles. The highest BCUT2D eigenvalue weighted by atomic mass is 28.4. The summed E-state index contributed by atoms with van der Waals surface area (Å²) in [6.07, 6.45) is 9.09. The first kappa shape index (κ1) is 19.1. The molecule has 0 bridgehead atoms. The lowest BCUT2D eigenvalue weighted by Gasteiger charge is -2.27. The van der Waals surface area contributed by atoms with Crippen molar-refractivity contribution in [2.24, 2.45) is 0 Å². The smallest absolute Gasteiger partial charge is 0.337 e. The molecule has 0 amide bonds. The first-order valence-corrected chi connectivity index (χ1v) is 10.5. The van der Waals surface area contributed by atoms with E-state index in [1.54, 1.807) is 0 Å². The second kappa shape index (κ2) is 11.9. The minimum atomic E-state index is -2.27. The summed E-state index contributed by atoms with van der Waals surface area (Å²) in [5.41, 5.74) is 0. The Morgan fingerprint density at radius 3 is 1.95 bits per heavy atom. The van der Waals surface area contributed by atoms with Crippen molar-refractivity contribution in [3.63, 3.8) is 0 Å². The van der Waals surface area contributed by atoms with Crippen LogP contribution in [0.3, 0.4) is 0 Å². The van der Waals surface area contributed by atoms with Crippen LogP contribution in [0, 0.1) is 0 Å². The van der Waals surface area contributed by atoms with Gasteiger partial charge in [0, 0.05) is 6.61 Å². The van der Waals surface area contributed by atoms with Crippen molar-refractivity contribution in [2.45, 2.75) is 91.1 Å². The summed E-state index contributed by atoms with van der Waals surface area (Å²) in [5, 5.41) is 0. The Labute approximate surface area is 120 Å². The van der Waals surface area contributed by atoms with E-state index in [1.165, 1.54) is 51.9 Å². The van der Waals surface area contributed by atoms with Gasteiger partial charge in [0.15, 0.2) is 6.36 Å². The Morgan fingerprint density at radius 2 is 1.47 bits per heavy atom. The molecule has 2 unspecified atom stereocenters. The molecule has 0 heterocycles. The number of hydrogen-bond donors (Lipinski definition) is 0. The van der Waals surface area contributed by atoms with Crippen LogP contribution >= 0.6 is 0 Å². The van der Waals surface area contributed by atoms with Crippen LogP contribution in [0.4, 0.5) is 4.39 Å². The Hall–Kier alpha value is 0.0669. The van der Waals surface area contributed by atoms with Gasteiger partial charge in [-0.1, -0.05) is 58.3 Å².